The quantitative estimate of drug-likeness (QED) is 0.823. The molecular weight excluding hydrogens is 352 g/mol. The van der Waals surface area contributed by atoms with E-state index in [4.69, 9.17) is 5.11 Å². The van der Waals surface area contributed by atoms with E-state index in [2.05, 4.69) is 17.0 Å². The van der Waals surface area contributed by atoms with E-state index >= 15 is 0 Å². The molecule has 2 aliphatic rings. The normalized spacial score (nSPS) is 23.5. The van der Waals surface area contributed by atoms with E-state index < -0.39 is 5.97 Å². The highest BCUT2D eigenvalue weighted by molar-refractivity contribution is 5.85. The highest BCUT2D eigenvalue weighted by atomic mass is 35.5. The molecule has 0 aromatic heterocycles. The van der Waals surface area contributed by atoms with E-state index in [9.17, 15) is 9.59 Å². The van der Waals surface area contributed by atoms with Gasteiger partial charge < -0.3 is 10.0 Å². The van der Waals surface area contributed by atoms with Gasteiger partial charge in [0.1, 0.15) is 0 Å². The Morgan fingerprint density at radius 2 is 1.81 bits per heavy atom. The van der Waals surface area contributed by atoms with Crippen molar-refractivity contribution in [3.63, 3.8) is 0 Å². The van der Waals surface area contributed by atoms with Crippen LogP contribution < -0.4 is 0 Å². The van der Waals surface area contributed by atoms with Gasteiger partial charge >= 0.3 is 5.97 Å². The number of hydrogen-bond acceptors (Lipinski definition) is 3. The van der Waals surface area contributed by atoms with E-state index in [1.165, 1.54) is 5.56 Å². The van der Waals surface area contributed by atoms with Gasteiger partial charge in [-0.1, -0.05) is 30.3 Å². The molecule has 1 N–H and O–H groups in total. The molecule has 2 heterocycles. The number of hydrogen-bond donors (Lipinski definition) is 1. The van der Waals surface area contributed by atoms with E-state index in [0.717, 1.165) is 51.9 Å². The first kappa shape index (κ1) is 20.7. The molecule has 1 amide bonds. The third-order valence-corrected chi connectivity index (χ3v) is 5.47. The van der Waals surface area contributed by atoms with Gasteiger partial charge in [0, 0.05) is 26.1 Å². The molecule has 2 unspecified atom stereocenters. The van der Waals surface area contributed by atoms with Crippen molar-refractivity contribution in [1.29, 1.82) is 0 Å². The standard InChI is InChI=1S/C20H28N2O3.ClH/c23-19(24)11-10-17-8-4-13-22(15-17)20(25)18-9-5-12-21(18)14-16-6-2-1-3-7-16;/h1-3,6-7,17-18H,4-5,8-15H2,(H,23,24);1H. The minimum absolute atomic E-state index is 0. The molecule has 0 saturated carbocycles. The van der Waals surface area contributed by atoms with Crippen LogP contribution in [0.5, 0.6) is 0 Å². The zero-order chi connectivity index (χ0) is 17.6. The molecule has 2 atom stereocenters. The predicted molar refractivity (Wildman–Crippen MR) is 103 cm³/mol. The second kappa shape index (κ2) is 9.93. The number of carboxylic acids is 1. The lowest BCUT2D eigenvalue weighted by atomic mass is 9.93. The van der Waals surface area contributed by atoms with Crippen molar-refractivity contribution >= 4 is 24.3 Å². The van der Waals surface area contributed by atoms with Crippen molar-refractivity contribution in [2.24, 2.45) is 5.92 Å². The maximum absolute atomic E-state index is 13.1. The Morgan fingerprint density at radius 3 is 2.54 bits per heavy atom. The molecule has 1 aromatic rings. The summed E-state index contributed by atoms with van der Waals surface area (Å²) < 4.78 is 0. The Kier molecular flexibility index (Phi) is 7.91. The second-order valence-corrected chi connectivity index (χ2v) is 7.34. The van der Waals surface area contributed by atoms with Gasteiger partial charge in [0.05, 0.1) is 6.04 Å². The fraction of sp³-hybridized carbons (Fsp3) is 0.600. The van der Waals surface area contributed by atoms with Gasteiger partial charge in [0.25, 0.3) is 0 Å². The maximum Gasteiger partial charge on any atom is 0.303 e. The van der Waals surface area contributed by atoms with Crippen molar-refractivity contribution < 1.29 is 14.7 Å². The van der Waals surface area contributed by atoms with E-state index in [1.807, 2.05) is 23.1 Å². The summed E-state index contributed by atoms with van der Waals surface area (Å²) >= 11 is 0. The van der Waals surface area contributed by atoms with Crippen LogP contribution in [0.25, 0.3) is 0 Å². The van der Waals surface area contributed by atoms with Crippen molar-refractivity contribution in [2.75, 3.05) is 19.6 Å². The zero-order valence-electron chi connectivity index (χ0n) is 15.2. The molecule has 0 spiro atoms. The van der Waals surface area contributed by atoms with Crippen LogP contribution in [0.2, 0.25) is 0 Å². The van der Waals surface area contributed by atoms with Gasteiger partial charge in [-0.25, -0.2) is 0 Å². The SMILES string of the molecule is Cl.O=C(O)CCC1CCCN(C(=O)C2CCCN2Cc2ccccc2)C1. The van der Waals surface area contributed by atoms with Crippen LogP contribution in [0.15, 0.2) is 30.3 Å². The molecular formula is C20H29ClN2O3. The summed E-state index contributed by atoms with van der Waals surface area (Å²) in [4.78, 5) is 28.1. The summed E-state index contributed by atoms with van der Waals surface area (Å²) in [7, 11) is 0. The third-order valence-electron chi connectivity index (χ3n) is 5.47. The van der Waals surface area contributed by atoms with Gasteiger partial charge in [-0.2, -0.15) is 0 Å². The number of piperidine rings is 1. The summed E-state index contributed by atoms with van der Waals surface area (Å²) in [5.41, 5.74) is 1.25. The zero-order valence-corrected chi connectivity index (χ0v) is 16.0. The monoisotopic (exact) mass is 380 g/mol. The number of carboxylic acid groups (broad SMARTS) is 1. The lowest BCUT2D eigenvalue weighted by Crippen LogP contribution is -2.49. The Morgan fingerprint density at radius 1 is 1.08 bits per heavy atom. The summed E-state index contributed by atoms with van der Waals surface area (Å²) in [6.07, 6.45) is 4.91. The fourth-order valence-corrected chi connectivity index (χ4v) is 4.15. The smallest absolute Gasteiger partial charge is 0.303 e. The molecule has 26 heavy (non-hydrogen) atoms. The Balaban J connectivity index is 0.00000243. The van der Waals surface area contributed by atoms with Gasteiger partial charge in [0.15, 0.2) is 0 Å². The first-order chi connectivity index (χ1) is 12.1. The third kappa shape index (κ3) is 5.45. The summed E-state index contributed by atoms with van der Waals surface area (Å²) in [5, 5.41) is 8.88. The average molecular weight is 381 g/mol. The first-order valence-electron chi connectivity index (χ1n) is 9.42. The van der Waals surface area contributed by atoms with Crippen LogP contribution >= 0.6 is 12.4 Å². The molecule has 0 aliphatic carbocycles. The second-order valence-electron chi connectivity index (χ2n) is 7.34. The molecule has 2 aliphatic heterocycles. The van der Waals surface area contributed by atoms with Gasteiger partial charge in [-0.05, 0) is 50.1 Å². The van der Waals surface area contributed by atoms with Crippen LogP contribution in [0.3, 0.4) is 0 Å². The number of likely N-dealkylation sites (tertiary alicyclic amines) is 2. The lowest BCUT2D eigenvalue weighted by Gasteiger charge is -2.36. The molecule has 1 aromatic carbocycles. The Hall–Kier alpha value is -1.59. The number of carbonyl (C=O) groups is 2. The van der Waals surface area contributed by atoms with Gasteiger partial charge in [0.2, 0.25) is 5.91 Å². The minimum Gasteiger partial charge on any atom is -0.481 e. The number of benzene rings is 1. The number of halogens is 1. The minimum atomic E-state index is -0.742. The first-order valence-corrected chi connectivity index (χ1v) is 9.42. The largest absolute Gasteiger partial charge is 0.481 e. The topological polar surface area (TPSA) is 60.9 Å². The average Bonchev–Trinajstić information content (AvgIpc) is 3.08. The number of nitrogens with zero attached hydrogens (tertiary/aromatic N) is 2. The number of rotatable bonds is 6. The van der Waals surface area contributed by atoms with Crippen LogP contribution in [0.4, 0.5) is 0 Å². The number of amides is 1. The molecule has 0 radical (unpaired) electrons. The van der Waals surface area contributed by atoms with Crippen LogP contribution in [-0.2, 0) is 16.1 Å². The van der Waals surface area contributed by atoms with Gasteiger partial charge in [-0.15, -0.1) is 12.4 Å². The molecule has 5 nitrogen and oxygen atoms in total. The molecule has 2 fully saturated rings. The lowest BCUT2D eigenvalue weighted by molar-refractivity contribution is -0.138. The number of carbonyl (C=O) groups excluding carboxylic acids is 1. The highest BCUT2D eigenvalue weighted by Crippen LogP contribution is 2.26. The molecule has 3 rings (SSSR count). The van der Waals surface area contributed by atoms with Crippen molar-refractivity contribution in [2.45, 2.75) is 51.1 Å². The molecule has 6 heteroatoms. The van der Waals surface area contributed by atoms with Crippen molar-refractivity contribution in [3.8, 4) is 0 Å². The Bertz CT molecular complexity index is 596. The predicted octanol–water partition coefficient (Wildman–Crippen LogP) is 3.18. The van der Waals surface area contributed by atoms with Crippen LogP contribution in [0, 0.1) is 5.92 Å². The summed E-state index contributed by atoms with van der Waals surface area (Å²) in [6, 6.07) is 10.3. The van der Waals surface area contributed by atoms with E-state index in [-0.39, 0.29) is 30.8 Å². The van der Waals surface area contributed by atoms with Crippen molar-refractivity contribution in [1.82, 2.24) is 9.80 Å². The van der Waals surface area contributed by atoms with E-state index in [1.54, 1.807) is 0 Å². The van der Waals surface area contributed by atoms with Crippen LogP contribution in [-0.4, -0.2) is 52.5 Å². The highest BCUT2D eigenvalue weighted by Gasteiger charge is 2.35. The van der Waals surface area contributed by atoms with Crippen LogP contribution in [0.1, 0.15) is 44.1 Å². The number of aliphatic carboxylic acids is 1. The van der Waals surface area contributed by atoms with Gasteiger partial charge in [-0.3, -0.25) is 14.5 Å². The van der Waals surface area contributed by atoms with E-state index in [0.29, 0.717) is 12.3 Å². The molecule has 0 bridgehead atoms. The summed E-state index contributed by atoms with van der Waals surface area (Å²) in [5.74, 6) is -0.167. The molecule has 2 saturated heterocycles. The maximum atomic E-state index is 13.1. The Labute approximate surface area is 161 Å². The molecule has 144 valence electrons. The fourth-order valence-electron chi connectivity index (χ4n) is 4.15. The summed E-state index contributed by atoms with van der Waals surface area (Å²) in [6.45, 7) is 3.34. The van der Waals surface area contributed by atoms with Crippen molar-refractivity contribution in [3.05, 3.63) is 35.9 Å².